The number of halogens is 1. The second-order valence-corrected chi connectivity index (χ2v) is 5.33. The summed E-state index contributed by atoms with van der Waals surface area (Å²) in [4.78, 5) is 2.43. The molecule has 0 bridgehead atoms. The Bertz CT molecular complexity index is 376. The van der Waals surface area contributed by atoms with Gasteiger partial charge in [-0.1, -0.05) is 23.7 Å². The van der Waals surface area contributed by atoms with Gasteiger partial charge in [-0.2, -0.15) is 0 Å². The Hall–Kier alpha value is -0.770. The van der Waals surface area contributed by atoms with Crippen LogP contribution in [-0.4, -0.2) is 43.3 Å². The van der Waals surface area contributed by atoms with Crippen LogP contribution in [0, 0.1) is 0 Å². The van der Waals surface area contributed by atoms with Crippen molar-refractivity contribution in [2.45, 2.75) is 26.1 Å². The highest BCUT2D eigenvalue weighted by Gasteiger charge is 2.21. The van der Waals surface area contributed by atoms with E-state index in [0.717, 1.165) is 36.9 Å². The summed E-state index contributed by atoms with van der Waals surface area (Å²) in [6, 6.07) is 7.85. The smallest absolute Gasteiger partial charge is 0.0678 e. The third-order valence-electron chi connectivity index (χ3n) is 3.11. The van der Waals surface area contributed by atoms with Crippen LogP contribution in [-0.2, 0) is 4.74 Å². The van der Waals surface area contributed by atoms with Gasteiger partial charge >= 0.3 is 0 Å². The lowest BCUT2D eigenvalue weighted by atomic mass is 10.2. The van der Waals surface area contributed by atoms with Crippen molar-refractivity contribution in [2.75, 3.05) is 31.5 Å². The second kappa shape index (κ2) is 6.41. The minimum absolute atomic E-state index is 0.328. The van der Waals surface area contributed by atoms with Gasteiger partial charge < -0.3 is 10.1 Å². The first-order chi connectivity index (χ1) is 8.65. The van der Waals surface area contributed by atoms with E-state index in [-0.39, 0.29) is 0 Å². The van der Waals surface area contributed by atoms with Crippen LogP contribution in [0.15, 0.2) is 24.3 Å². The van der Waals surface area contributed by atoms with Crippen LogP contribution in [0.3, 0.4) is 0 Å². The maximum absolute atomic E-state index is 6.10. The molecule has 0 spiro atoms. The largest absolute Gasteiger partial charge is 0.383 e. The number of nitrogens with one attached hydrogen (secondary N) is 1. The fourth-order valence-corrected chi connectivity index (χ4v) is 2.62. The average Bonchev–Trinajstić information content (AvgIpc) is 2.30. The molecular weight excluding hydrogens is 248 g/mol. The number of anilines is 1. The van der Waals surface area contributed by atoms with Gasteiger partial charge in [0.2, 0.25) is 0 Å². The summed E-state index contributed by atoms with van der Waals surface area (Å²) < 4.78 is 5.72. The lowest BCUT2D eigenvalue weighted by Crippen LogP contribution is -2.46. The molecule has 4 heteroatoms. The monoisotopic (exact) mass is 268 g/mol. The molecule has 1 saturated heterocycles. The van der Waals surface area contributed by atoms with Crippen molar-refractivity contribution < 1.29 is 4.74 Å². The van der Waals surface area contributed by atoms with Crippen LogP contribution in [0.5, 0.6) is 0 Å². The maximum Gasteiger partial charge on any atom is 0.0678 e. The van der Waals surface area contributed by atoms with Gasteiger partial charge in [0.25, 0.3) is 0 Å². The molecule has 0 amide bonds. The van der Waals surface area contributed by atoms with Gasteiger partial charge in [0, 0.05) is 26.2 Å². The van der Waals surface area contributed by atoms with Gasteiger partial charge in [-0.15, -0.1) is 0 Å². The molecule has 0 unspecified atom stereocenters. The number of hydrogen-bond acceptors (Lipinski definition) is 3. The molecule has 1 heterocycles. The molecule has 1 aliphatic rings. The molecule has 0 radical (unpaired) electrons. The van der Waals surface area contributed by atoms with Gasteiger partial charge in [0.1, 0.15) is 0 Å². The van der Waals surface area contributed by atoms with E-state index in [1.54, 1.807) is 0 Å². The van der Waals surface area contributed by atoms with Crippen molar-refractivity contribution in [3.05, 3.63) is 29.3 Å². The molecule has 3 nitrogen and oxygen atoms in total. The molecule has 1 aliphatic heterocycles. The normalized spacial score (nSPS) is 25.1. The summed E-state index contributed by atoms with van der Waals surface area (Å²) in [7, 11) is 0. The van der Waals surface area contributed by atoms with Crippen LogP contribution in [0.4, 0.5) is 5.69 Å². The number of hydrogen-bond donors (Lipinski definition) is 1. The van der Waals surface area contributed by atoms with Crippen LogP contribution in [0.1, 0.15) is 13.8 Å². The van der Waals surface area contributed by atoms with Crippen molar-refractivity contribution >= 4 is 17.3 Å². The van der Waals surface area contributed by atoms with Gasteiger partial charge in [-0.05, 0) is 26.0 Å². The molecule has 1 aromatic rings. The lowest BCUT2D eigenvalue weighted by Gasteiger charge is -2.35. The van der Waals surface area contributed by atoms with E-state index in [1.165, 1.54) is 0 Å². The molecule has 2 rings (SSSR count). The Labute approximate surface area is 114 Å². The zero-order valence-electron chi connectivity index (χ0n) is 11.0. The van der Waals surface area contributed by atoms with Gasteiger partial charge in [0.05, 0.1) is 22.9 Å². The molecule has 2 atom stereocenters. The van der Waals surface area contributed by atoms with Crippen molar-refractivity contribution in [3.63, 3.8) is 0 Å². The molecule has 0 aliphatic carbocycles. The molecule has 100 valence electrons. The van der Waals surface area contributed by atoms with E-state index in [9.17, 15) is 0 Å². The van der Waals surface area contributed by atoms with Crippen LogP contribution in [0.25, 0.3) is 0 Å². The summed E-state index contributed by atoms with van der Waals surface area (Å²) in [6.07, 6.45) is 0.656. The predicted octanol–water partition coefficient (Wildman–Crippen LogP) is 2.86. The second-order valence-electron chi connectivity index (χ2n) is 4.92. The zero-order valence-corrected chi connectivity index (χ0v) is 11.8. The first-order valence-electron chi connectivity index (χ1n) is 6.51. The molecule has 0 aromatic heterocycles. The highest BCUT2D eigenvalue weighted by atomic mass is 35.5. The quantitative estimate of drug-likeness (QED) is 0.909. The van der Waals surface area contributed by atoms with Crippen LogP contribution < -0.4 is 5.32 Å². The molecule has 1 aromatic carbocycles. The first kappa shape index (κ1) is 13.7. The van der Waals surface area contributed by atoms with E-state index < -0.39 is 0 Å². The predicted molar refractivity (Wildman–Crippen MR) is 76.4 cm³/mol. The Balaban J connectivity index is 1.77. The third kappa shape index (κ3) is 3.87. The minimum atomic E-state index is 0.328. The highest BCUT2D eigenvalue weighted by Crippen LogP contribution is 2.20. The number of para-hydroxylation sites is 1. The fourth-order valence-electron chi connectivity index (χ4n) is 2.42. The summed E-state index contributed by atoms with van der Waals surface area (Å²) in [5, 5.41) is 4.15. The number of nitrogens with zero attached hydrogens (tertiary/aromatic N) is 1. The Kier molecular flexibility index (Phi) is 4.87. The lowest BCUT2D eigenvalue weighted by molar-refractivity contribution is -0.0667. The Morgan fingerprint density at radius 1 is 1.28 bits per heavy atom. The molecular formula is C14H21ClN2O. The first-order valence-corrected chi connectivity index (χ1v) is 6.89. The topological polar surface area (TPSA) is 24.5 Å². The zero-order chi connectivity index (χ0) is 13.0. The van der Waals surface area contributed by atoms with Crippen molar-refractivity contribution in [1.82, 2.24) is 4.90 Å². The van der Waals surface area contributed by atoms with E-state index in [2.05, 4.69) is 24.1 Å². The number of morpholine rings is 1. The standard InChI is InChI=1S/C14H21ClN2O/c1-11-9-17(10-12(2)18-11)8-7-16-14-6-4-3-5-13(14)15/h3-6,11-12,16H,7-10H2,1-2H3/t11-,12+. The number of benzene rings is 1. The number of ether oxygens (including phenoxy) is 1. The SMILES string of the molecule is C[C@@H]1CN(CCNc2ccccc2Cl)C[C@H](C)O1. The van der Waals surface area contributed by atoms with Crippen LogP contribution in [0.2, 0.25) is 5.02 Å². The summed E-state index contributed by atoms with van der Waals surface area (Å²) >= 11 is 6.10. The fraction of sp³-hybridized carbons (Fsp3) is 0.571. The summed E-state index contributed by atoms with van der Waals surface area (Å²) in [5.74, 6) is 0. The highest BCUT2D eigenvalue weighted by molar-refractivity contribution is 6.33. The van der Waals surface area contributed by atoms with E-state index >= 15 is 0 Å². The van der Waals surface area contributed by atoms with Gasteiger partial charge in [-0.25, -0.2) is 0 Å². The van der Waals surface area contributed by atoms with E-state index in [4.69, 9.17) is 16.3 Å². The minimum Gasteiger partial charge on any atom is -0.383 e. The van der Waals surface area contributed by atoms with E-state index in [0.29, 0.717) is 12.2 Å². The molecule has 18 heavy (non-hydrogen) atoms. The molecule has 1 N–H and O–H groups in total. The van der Waals surface area contributed by atoms with Crippen LogP contribution >= 0.6 is 11.6 Å². The van der Waals surface area contributed by atoms with Gasteiger partial charge in [-0.3, -0.25) is 4.90 Å². The molecule has 1 fully saturated rings. The van der Waals surface area contributed by atoms with Crippen molar-refractivity contribution in [3.8, 4) is 0 Å². The maximum atomic E-state index is 6.10. The Morgan fingerprint density at radius 2 is 1.94 bits per heavy atom. The summed E-state index contributed by atoms with van der Waals surface area (Å²) in [6.45, 7) is 8.20. The van der Waals surface area contributed by atoms with Crippen molar-refractivity contribution in [1.29, 1.82) is 0 Å². The summed E-state index contributed by atoms with van der Waals surface area (Å²) in [5.41, 5.74) is 1.01. The number of rotatable bonds is 4. The van der Waals surface area contributed by atoms with Gasteiger partial charge in [0.15, 0.2) is 0 Å². The van der Waals surface area contributed by atoms with Crippen molar-refractivity contribution in [2.24, 2.45) is 0 Å². The third-order valence-corrected chi connectivity index (χ3v) is 3.44. The van der Waals surface area contributed by atoms with E-state index in [1.807, 2.05) is 24.3 Å². The average molecular weight is 269 g/mol. The Morgan fingerprint density at radius 3 is 2.61 bits per heavy atom. The molecule has 0 saturated carbocycles.